The molecule has 2 unspecified atom stereocenters. The summed E-state index contributed by atoms with van der Waals surface area (Å²) in [6.07, 6.45) is 2.93. The Kier molecular flexibility index (Phi) is 10.7. The number of rotatable bonds is 14. The Morgan fingerprint density at radius 1 is 1.12 bits per heavy atom. The third kappa shape index (κ3) is 9.34. The van der Waals surface area contributed by atoms with Crippen molar-refractivity contribution in [2.45, 2.75) is 44.5 Å². The number of likely N-dealkylation sites (tertiary alicyclic amines) is 1. The van der Waals surface area contributed by atoms with E-state index >= 15 is 0 Å². The third-order valence-corrected chi connectivity index (χ3v) is 5.86. The summed E-state index contributed by atoms with van der Waals surface area (Å²) in [5.74, 6) is 0.390. The molecule has 2 atom stereocenters. The number of hydrogen-bond donors (Lipinski definition) is 3. The fourth-order valence-electron chi connectivity index (χ4n) is 4.08. The van der Waals surface area contributed by atoms with E-state index in [1.807, 2.05) is 12.1 Å². The molecule has 0 amide bonds. The molecule has 0 aromatic heterocycles. The average Bonchev–Trinajstić information content (AvgIpc) is 2.82. The molecule has 0 aliphatic carbocycles. The van der Waals surface area contributed by atoms with Gasteiger partial charge in [0.15, 0.2) is 0 Å². The molecule has 9 heteroatoms. The molecule has 8 nitrogen and oxygen atoms in total. The van der Waals surface area contributed by atoms with E-state index in [2.05, 4.69) is 27.7 Å². The molecule has 2 aromatic carbocycles. The monoisotopic (exact) mass is 474 g/mol. The summed E-state index contributed by atoms with van der Waals surface area (Å²) in [5, 5.41) is 27.3. The van der Waals surface area contributed by atoms with Gasteiger partial charge in [-0.05, 0) is 67.7 Å². The lowest BCUT2D eigenvalue weighted by atomic mass is 10.1. The number of halogens is 1. The molecule has 1 fully saturated rings. The van der Waals surface area contributed by atoms with Gasteiger partial charge in [0, 0.05) is 24.6 Å². The number of nitrogens with one attached hydrogen (secondary N) is 2. The molecule has 1 saturated heterocycles. The van der Waals surface area contributed by atoms with Gasteiger partial charge in [0.1, 0.15) is 17.7 Å². The third-order valence-electron chi connectivity index (χ3n) is 5.86. The topological polar surface area (TPSA) is 99.9 Å². The Bertz CT molecular complexity index is 895. The van der Waals surface area contributed by atoms with Crippen molar-refractivity contribution in [2.24, 2.45) is 0 Å². The Balaban J connectivity index is 1.38. The van der Waals surface area contributed by atoms with Crippen molar-refractivity contribution >= 4 is 0 Å². The molecule has 186 valence electrons. The van der Waals surface area contributed by atoms with Crippen LogP contribution in [-0.2, 0) is 6.54 Å². The van der Waals surface area contributed by atoms with Gasteiger partial charge in [-0.3, -0.25) is 25.6 Å². The first-order valence-electron chi connectivity index (χ1n) is 12.0. The smallest absolute Gasteiger partial charge is 0.231 e. The van der Waals surface area contributed by atoms with Crippen LogP contribution in [0.2, 0.25) is 0 Å². The summed E-state index contributed by atoms with van der Waals surface area (Å²) in [5.41, 5.74) is 1.66. The Morgan fingerprint density at radius 2 is 1.91 bits per heavy atom. The lowest BCUT2D eigenvalue weighted by molar-refractivity contribution is -0.484. The maximum atomic E-state index is 13.3. The van der Waals surface area contributed by atoms with E-state index in [0.717, 1.165) is 25.4 Å². The first kappa shape index (κ1) is 26.0. The fourth-order valence-corrected chi connectivity index (χ4v) is 4.08. The SMILES string of the molecule is O=[N+]([O-])CC(NCCCOc1cccc(CN2CCCCC2)c1)NCC(O)c1cccc(F)c1. The first-order valence-corrected chi connectivity index (χ1v) is 12.0. The standard InChI is InChI=1S/C25H35FN4O4/c26-22-9-5-8-21(16-22)24(31)17-28-25(19-30(32)33)27-11-6-14-34-23-10-4-7-20(15-23)18-29-12-2-1-3-13-29/h4-5,7-10,15-16,24-25,27-28,31H,1-3,6,11-14,17-19H2. The van der Waals surface area contributed by atoms with E-state index in [1.54, 1.807) is 6.07 Å². The normalized spacial score (nSPS) is 16.2. The predicted molar refractivity (Wildman–Crippen MR) is 129 cm³/mol. The van der Waals surface area contributed by atoms with Crippen molar-refractivity contribution < 1.29 is 19.2 Å². The molecular formula is C25H35FN4O4. The van der Waals surface area contributed by atoms with Gasteiger partial charge in [0.2, 0.25) is 6.54 Å². The molecule has 0 saturated carbocycles. The van der Waals surface area contributed by atoms with E-state index < -0.39 is 23.0 Å². The Labute approximate surface area is 200 Å². The zero-order valence-corrected chi connectivity index (χ0v) is 19.5. The number of nitrogens with zero attached hydrogens (tertiary/aromatic N) is 2. The molecule has 0 bridgehead atoms. The molecule has 0 spiro atoms. The second-order valence-electron chi connectivity index (χ2n) is 8.69. The number of benzene rings is 2. The molecule has 1 aliphatic rings. The van der Waals surface area contributed by atoms with Crippen molar-refractivity contribution in [3.63, 3.8) is 0 Å². The van der Waals surface area contributed by atoms with Crippen LogP contribution < -0.4 is 15.4 Å². The van der Waals surface area contributed by atoms with Crippen molar-refractivity contribution in [2.75, 3.05) is 39.3 Å². The maximum Gasteiger partial charge on any atom is 0.231 e. The molecule has 1 heterocycles. The highest BCUT2D eigenvalue weighted by atomic mass is 19.1. The molecular weight excluding hydrogens is 439 g/mol. The number of piperidine rings is 1. The number of ether oxygens (including phenoxy) is 1. The zero-order chi connectivity index (χ0) is 24.2. The highest BCUT2D eigenvalue weighted by molar-refractivity contribution is 5.28. The van der Waals surface area contributed by atoms with Crippen LogP contribution in [0.4, 0.5) is 4.39 Å². The van der Waals surface area contributed by atoms with Gasteiger partial charge in [0.05, 0.1) is 12.7 Å². The minimum atomic E-state index is -0.965. The van der Waals surface area contributed by atoms with Crippen molar-refractivity contribution in [3.8, 4) is 5.75 Å². The molecule has 3 N–H and O–H groups in total. The molecule has 34 heavy (non-hydrogen) atoms. The Morgan fingerprint density at radius 3 is 2.68 bits per heavy atom. The second kappa shape index (κ2) is 14.0. The predicted octanol–water partition coefficient (Wildman–Crippen LogP) is 3.10. The Hall–Kier alpha value is -2.59. The van der Waals surface area contributed by atoms with Crippen LogP contribution in [0.25, 0.3) is 0 Å². The van der Waals surface area contributed by atoms with E-state index in [-0.39, 0.29) is 13.1 Å². The minimum absolute atomic E-state index is 0.0648. The molecule has 0 radical (unpaired) electrons. The van der Waals surface area contributed by atoms with E-state index in [4.69, 9.17) is 4.74 Å². The summed E-state index contributed by atoms with van der Waals surface area (Å²) in [4.78, 5) is 13.1. The number of hydrogen-bond acceptors (Lipinski definition) is 7. The lowest BCUT2D eigenvalue weighted by Gasteiger charge is -2.26. The molecule has 1 aliphatic heterocycles. The van der Waals surface area contributed by atoms with Gasteiger partial charge in [-0.2, -0.15) is 0 Å². The molecule has 2 aromatic rings. The maximum absolute atomic E-state index is 13.3. The van der Waals surface area contributed by atoms with Crippen LogP contribution in [0.15, 0.2) is 48.5 Å². The summed E-state index contributed by atoms with van der Waals surface area (Å²) in [6.45, 7) is 3.95. The van der Waals surface area contributed by atoms with E-state index in [9.17, 15) is 19.6 Å². The second-order valence-corrected chi connectivity index (χ2v) is 8.69. The number of aliphatic hydroxyl groups excluding tert-OH is 1. The van der Waals surface area contributed by atoms with Gasteiger partial charge in [0.25, 0.3) is 0 Å². The van der Waals surface area contributed by atoms with Crippen molar-refractivity contribution in [1.29, 1.82) is 0 Å². The fraction of sp³-hybridized carbons (Fsp3) is 0.520. The highest BCUT2D eigenvalue weighted by Crippen LogP contribution is 2.18. The van der Waals surface area contributed by atoms with Gasteiger partial charge < -0.3 is 9.84 Å². The van der Waals surface area contributed by atoms with Gasteiger partial charge in [-0.1, -0.05) is 30.7 Å². The summed E-state index contributed by atoms with van der Waals surface area (Å²) in [7, 11) is 0. The quantitative estimate of drug-likeness (QED) is 0.167. The van der Waals surface area contributed by atoms with Crippen LogP contribution in [0, 0.1) is 15.9 Å². The van der Waals surface area contributed by atoms with Crippen LogP contribution in [0.3, 0.4) is 0 Å². The van der Waals surface area contributed by atoms with Crippen LogP contribution in [0.5, 0.6) is 5.75 Å². The summed E-state index contributed by atoms with van der Waals surface area (Å²) >= 11 is 0. The summed E-state index contributed by atoms with van der Waals surface area (Å²) in [6, 6.07) is 13.8. The first-order chi connectivity index (χ1) is 16.5. The largest absolute Gasteiger partial charge is 0.494 e. The van der Waals surface area contributed by atoms with Gasteiger partial charge in [-0.25, -0.2) is 4.39 Å². The lowest BCUT2D eigenvalue weighted by Crippen LogP contribution is -2.48. The van der Waals surface area contributed by atoms with Crippen LogP contribution >= 0.6 is 0 Å². The van der Waals surface area contributed by atoms with Crippen molar-refractivity contribution in [1.82, 2.24) is 15.5 Å². The minimum Gasteiger partial charge on any atom is -0.494 e. The van der Waals surface area contributed by atoms with Gasteiger partial charge in [-0.15, -0.1) is 0 Å². The van der Waals surface area contributed by atoms with E-state index in [0.29, 0.717) is 25.1 Å². The van der Waals surface area contributed by atoms with Crippen LogP contribution in [-0.4, -0.2) is 60.4 Å². The van der Waals surface area contributed by atoms with E-state index in [1.165, 1.54) is 43.0 Å². The number of nitro groups is 1. The van der Waals surface area contributed by atoms with Gasteiger partial charge >= 0.3 is 0 Å². The summed E-state index contributed by atoms with van der Waals surface area (Å²) < 4.78 is 19.2. The number of aliphatic hydroxyl groups is 1. The highest BCUT2D eigenvalue weighted by Gasteiger charge is 2.17. The average molecular weight is 475 g/mol. The zero-order valence-electron chi connectivity index (χ0n) is 19.5. The van der Waals surface area contributed by atoms with Crippen LogP contribution in [0.1, 0.15) is 42.9 Å². The van der Waals surface area contributed by atoms with Crippen molar-refractivity contribution in [3.05, 3.63) is 75.6 Å². The molecule has 3 rings (SSSR count).